The van der Waals surface area contributed by atoms with Crippen LogP contribution in [0, 0.1) is 0 Å². The number of hydrogen-bond acceptors (Lipinski definition) is 2. The topological polar surface area (TPSA) is 29.5 Å². The van der Waals surface area contributed by atoms with E-state index in [1.54, 1.807) is 0 Å². The lowest BCUT2D eigenvalue weighted by Gasteiger charge is -2.43. The van der Waals surface area contributed by atoms with Crippen LogP contribution in [0.25, 0.3) is 0 Å². The predicted molar refractivity (Wildman–Crippen MR) is 178 cm³/mol. The number of unbranched alkanes of at least 4 members (excludes halogenated alkanes) is 16. The smallest absolute Gasteiger partial charge is 0.261 e. The molecule has 226 valence electrons. The van der Waals surface area contributed by atoms with Crippen LogP contribution in [0.4, 0.5) is 0 Å². The van der Waals surface area contributed by atoms with Crippen molar-refractivity contribution in [3.8, 4) is 0 Å². The molecule has 0 fully saturated rings. The second kappa shape index (κ2) is 20.5. The number of benzene rings is 2. The van der Waals surface area contributed by atoms with Crippen molar-refractivity contribution in [2.75, 3.05) is 6.61 Å². The van der Waals surface area contributed by atoms with Crippen LogP contribution in [0.5, 0.6) is 0 Å². The molecule has 2 nitrogen and oxygen atoms in total. The fourth-order valence-corrected chi connectivity index (χ4v) is 10.8. The molecule has 0 bridgehead atoms. The van der Waals surface area contributed by atoms with Crippen molar-refractivity contribution in [3.63, 3.8) is 0 Å². The molecular weight excluding hydrogens is 504 g/mol. The van der Waals surface area contributed by atoms with Crippen molar-refractivity contribution in [3.05, 3.63) is 60.7 Å². The van der Waals surface area contributed by atoms with Gasteiger partial charge in [-0.05, 0) is 21.8 Å². The van der Waals surface area contributed by atoms with Gasteiger partial charge >= 0.3 is 0 Å². The van der Waals surface area contributed by atoms with Gasteiger partial charge in [-0.3, -0.25) is 0 Å². The Kier molecular flexibility index (Phi) is 17.8. The molecule has 2 rings (SSSR count). The first-order valence-electron chi connectivity index (χ1n) is 16.8. The van der Waals surface area contributed by atoms with Gasteiger partial charge in [-0.15, -0.1) is 0 Å². The van der Waals surface area contributed by atoms with Crippen molar-refractivity contribution in [1.29, 1.82) is 0 Å². The molecule has 40 heavy (non-hydrogen) atoms. The van der Waals surface area contributed by atoms with Crippen LogP contribution in [0.15, 0.2) is 60.7 Å². The van der Waals surface area contributed by atoms with Crippen LogP contribution in [0.3, 0.4) is 0 Å². The SMILES string of the molecule is CCCCCCCCCCCCCCCCCCC[C@@H](O)CO[Si](c1ccccc1)(c1ccccc1)C(C)(C)C. The van der Waals surface area contributed by atoms with E-state index in [2.05, 4.69) is 88.4 Å². The number of hydrogen-bond donors (Lipinski definition) is 1. The first-order chi connectivity index (χ1) is 19.4. The zero-order valence-electron chi connectivity index (χ0n) is 26.6. The van der Waals surface area contributed by atoms with Gasteiger partial charge in [0.05, 0.1) is 12.7 Å². The summed E-state index contributed by atoms with van der Waals surface area (Å²) < 4.78 is 6.90. The van der Waals surface area contributed by atoms with Crippen molar-refractivity contribution < 1.29 is 9.53 Å². The Morgan fingerprint density at radius 2 is 0.925 bits per heavy atom. The Labute approximate surface area is 249 Å². The highest BCUT2D eigenvalue weighted by molar-refractivity contribution is 6.99. The molecule has 0 aliphatic heterocycles. The van der Waals surface area contributed by atoms with Crippen LogP contribution in [-0.2, 0) is 4.43 Å². The molecule has 0 unspecified atom stereocenters. The Balaban J connectivity index is 1.61. The lowest BCUT2D eigenvalue weighted by molar-refractivity contribution is 0.0927. The van der Waals surface area contributed by atoms with E-state index in [-0.39, 0.29) is 5.04 Å². The minimum absolute atomic E-state index is 0.0523. The van der Waals surface area contributed by atoms with E-state index >= 15 is 0 Å². The van der Waals surface area contributed by atoms with E-state index in [1.807, 2.05) is 0 Å². The molecule has 0 saturated carbocycles. The molecule has 0 spiro atoms. The van der Waals surface area contributed by atoms with Gasteiger partial charge in [-0.25, -0.2) is 0 Å². The molecule has 3 heteroatoms. The number of rotatable bonds is 23. The van der Waals surface area contributed by atoms with Gasteiger partial charge in [0.2, 0.25) is 0 Å². The van der Waals surface area contributed by atoms with Gasteiger partial charge < -0.3 is 9.53 Å². The van der Waals surface area contributed by atoms with Gasteiger partial charge in [0.25, 0.3) is 8.32 Å². The van der Waals surface area contributed by atoms with E-state index in [9.17, 15) is 5.11 Å². The van der Waals surface area contributed by atoms with Gasteiger partial charge in [0, 0.05) is 0 Å². The summed E-state index contributed by atoms with van der Waals surface area (Å²) in [5, 5.41) is 13.4. The summed E-state index contributed by atoms with van der Waals surface area (Å²) in [4.78, 5) is 0. The minimum atomic E-state index is -2.56. The summed E-state index contributed by atoms with van der Waals surface area (Å²) in [6, 6.07) is 21.5. The van der Waals surface area contributed by atoms with Crippen LogP contribution in [0.2, 0.25) is 5.04 Å². The fourth-order valence-electron chi connectivity index (χ4n) is 6.17. The number of aliphatic hydroxyl groups excluding tert-OH is 1. The molecule has 0 saturated heterocycles. The normalized spacial score (nSPS) is 13.0. The Morgan fingerprint density at radius 3 is 1.27 bits per heavy atom. The van der Waals surface area contributed by atoms with Crippen LogP contribution >= 0.6 is 0 Å². The van der Waals surface area contributed by atoms with Crippen molar-refractivity contribution in [2.24, 2.45) is 0 Å². The van der Waals surface area contributed by atoms with Crippen LogP contribution < -0.4 is 10.4 Å². The maximum absolute atomic E-state index is 10.9. The lowest BCUT2D eigenvalue weighted by Crippen LogP contribution is -2.67. The molecule has 0 aliphatic carbocycles. The maximum atomic E-state index is 10.9. The molecule has 0 aromatic heterocycles. The lowest BCUT2D eigenvalue weighted by atomic mass is 10.0. The van der Waals surface area contributed by atoms with Crippen molar-refractivity contribution in [1.82, 2.24) is 0 Å². The van der Waals surface area contributed by atoms with Crippen LogP contribution in [-0.4, -0.2) is 26.1 Å². The molecule has 0 amide bonds. The molecule has 2 aromatic rings. The summed E-state index contributed by atoms with van der Waals surface area (Å²) in [7, 11) is -2.56. The van der Waals surface area contributed by atoms with E-state index in [0.29, 0.717) is 6.61 Å². The highest BCUT2D eigenvalue weighted by atomic mass is 28.4. The Bertz CT molecular complexity index is 806. The van der Waals surface area contributed by atoms with Crippen molar-refractivity contribution >= 4 is 18.7 Å². The second-order valence-corrected chi connectivity index (χ2v) is 17.4. The van der Waals surface area contributed by atoms with E-state index < -0.39 is 14.4 Å². The summed E-state index contributed by atoms with van der Waals surface area (Å²) >= 11 is 0. The Hall–Kier alpha value is -1.42. The molecule has 1 N–H and O–H groups in total. The third kappa shape index (κ3) is 12.6. The van der Waals surface area contributed by atoms with Crippen molar-refractivity contribution in [2.45, 2.75) is 154 Å². The summed E-state index contributed by atoms with van der Waals surface area (Å²) in [6.07, 6.45) is 23.8. The highest BCUT2D eigenvalue weighted by Crippen LogP contribution is 2.36. The zero-order chi connectivity index (χ0) is 28.9. The third-order valence-electron chi connectivity index (χ3n) is 8.55. The summed E-state index contributed by atoms with van der Waals surface area (Å²) in [5.74, 6) is 0. The first-order valence-corrected chi connectivity index (χ1v) is 18.8. The first kappa shape index (κ1) is 34.8. The quantitative estimate of drug-likeness (QED) is 0.107. The average molecular weight is 567 g/mol. The average Bonchev–Trinajstić information content (AvgIpc) is 2.95. The van der Waals surface area contributed by atoms with Gasteiger partial charge in [0.15, 0.2) is 0 Å². The zero-order valence-corrected chi connectivity index (χ0v) is 27.6. The molecule has 0 heterocycles. The summed E-state index contributed by atoms with van der Waals surface area (Å²) in [5.41, 5.74) is 0. The molecular formula is C37H62O2Si. The standard InChI is InChI=1S/C37H62O2Si/c1-5-6-7-8-9-10-11-12-13-14-15-16-17-18-19-20-23-28-34(38)33-39-40(37(2,3)4,35-29-24-21-25-30-35)36-31-26-22-27-32-36/h21-22,24-27,29-32,34,38H,5-20,23,28,33H2,1-4H3/t34-/m1/s1. The van der Waals surface area contributed by atoms with E-state index in [4.69, 9.17) is 4.43 Å². The fraction of sp³-hybridized carbons (Fsp3) is 0.676. The molecule has 1 atom stereocenters. The van der Waals surface area contributed by atoms with E-state index in [0.717, 1.165) is 12.8 Å². The summed E-state index contributed by atoms with van der Waals surface area (Å²) in [6.45, 7) is 9.58. The highest BCUT2D eigenvalue weighted by Gasteiger charge is 2.50. The van der Waals surface area contributed by atoms with Gasteiger partial charge in [-0.1, -0.05) is 198 Å². The third-order valence-corrected chi connectivity index (χ3v) is 13.6. The van der Waals surface area contributed by atoms with Gasteiger partial charge in [0.1, 0.15) is 0 Å². The van der Waals surface area contributed by atoms with Gasteiger partial charge in [-0.2, -0.15) is 0 Å². The number of aliphatic hydroxyl groups is 1. The predicted octanol–water partition coefficient (Wildman–Crippen LogP) is 9.97. The van der Waals surface area contributed by atoms with E-state index in [1.165, 1.54) is 113 Å². The molecule has 0 radical (unpaired) electrons. The monoisotopic (exact) mass is 566 g/mol. The Morgan fingerprint density at radius 1 is 0.575 bits per heavy atom. The van der Waals surface area contributed by atoms with Crippen LogP contribution in [0.1, 0.15) is 143 Å². The second-order valence-electron chi connectivity index (χ2n) is 13.1. The largest absolute Gasteiger partial charge is 0.405 e. The maximum Gasteiger partial charge on any atom is 0.261 e. The molecule has 0 aliphatic rings. The minimum Gasteiger partial charge on any atom is -0.405 e. The molecule has 2 aromatic carbocycles.